The first-order chi connectivity index (χ1) is 25.3. The number of anilines is 3. The van der Waals surface area contributed by atoms with Crippen LogP contribution in [-0.2, 0) is 0 Å². The van der Waals surface area contributed by atoms with Crippen LogP contribution in [0.5, 0.6) is 0 Å². The molecule has 0 spiro atoms. The molecule has 0 radical (unpaired) electrons. The van der Waals surface area contributed by atoms with Crippen LogP contribution < -0.4 is 4.90 Å². The number of hydrogen-bond acceptors (Lipinski definition) is 2. The highest BCUT2D eigenvalue weighted by atomic mass is 32.1. The second-order valence-corrected chi connectivity index (χ2v) is 14.1. The van der Waals surface area contributed by atoms with Crippen molar-refractivity contribution in [2.24, 2.45) is 0 Å². The summed E-state index contributed by atoms with van der Waals surface area (Å²) < 4.78 is 5.07. The highest BCUT2D eigenvalue weighted by Crippen LogP contribution is 2.41. The fourth-order valence-corrected chi connectivity index (χ4v) is 8.65. The summed E-state index contributed by atoms with van der Waals surface area (Å²) >= 11 is 1.87. The molecule has 0 aliphatic carbocycles. The molecule has 240 valence electrons. The van der Waals surface area contributed by atoms with Crippen molar-refractivity contribution >= 4 is 70.4 Å². The summed E-state index contributed by atoms with van der Waals surface area (Å²) in [7, 11) is 0. The number of rotatable bonds is 6. The summed E-state index contributed by atoms with van der Waals surface area (Å²) in [4.78, 5) is 2.32. The molecule has 0 fully saturated rings. The van der Waals surface area contributed by atoms with Crippen LogP contribution in [0.3, 0.4) is 0 Å². The quantitative estimate of drug-likeness (QED) is 0.171. The third-order valence-corrected chi connectivity index (χ3v) is 11.1. The lowest BCUT2D eigenvalue weighted by Gasteiger charge is -2.26. The normalized spacial score (nSPS) is 11.5. The summed E-state index contributed by atoms with van der Waals surface area (Å²) in [6.07, 6.45) is 0. The van der Waals surface area contributed by atoms with Crippen molar-refractivity contribution in [3.63, 3.8) is 0 Å². The number of hydrogen-bond donors (Lipinski definition) is 0. The summed E-state index contributed by atoms with van der Waals surface area (Å²) in [5.41, 5.74) is 11.8. The third-order valence-electron chi connectivity index (χ3n) is 10.0. The van der Waals surface area contributed by atoms with Crippen LogP contribution in [-0.4, -0.2) is 4.57 Å². The molecule has 0 saturated carbocycles. The van der Waals surface area contributed by atoms with Crippen molar-refractivity contribution in [1.82, 2.24) is 4.57 Å². The highest BCUT2D eigenvalue weighted by molar-refractivity contribution is 7.25. The number of nitrogens with zero attached hydrogens (tertiary/aromatic N) is 2. The minimum atomic E-state index is 1.12. The van der Waals surface area contributed by atoms with Gasteiger partial charge in [-0.2, -0.15) is 0 Å². The molecule has 3 heteroatoms. The summed E-state index contributed by atoms with van der Waals surface area (Å²) in [5, 5.41) is 5.24. The fourth-order valence-electron chi connectivity index (χ4n) is 7.53. The molecule has 51 heavy (non-hydrogen) atoms. The first kappa shape index (κ1) is 29.5. The topological polar surface area (TPSA) is 8.17 Å². The van der Waals surface area contributed by atoms with Gasteiger partial charge in [0.25, 0.3) is 0 Å². The molecule has 0 unspecified atom stereocenters. The van der Waals surface area contributed by atoms with Crippen LogP contribution in [0.2, 0.25) is 0 Å². The molecule has 10 aromatic rings. The first-order valence-electron chi connectivity index (χ1n) is 17.3. The average Bonchev–Trinajstić information content (AvgIpc) is 3.73. The van der Waals surface area contributed by atoms with E-state index in [4.69, 9.17) is 0 Å². The Morgan fingerprint density at radius 3 is 1.51 bits per heavy atom. The van der Waals surface area contributed by atoms with E-state index in [2.05, 4.69) is 204 Å². The predicted octanol–water partition coefficient (Wildman–Crippen LogP) is 14.0. The van der Waals surface area contributed by atoms with Gasteiger partial charge >= 0.3 is 0 Å². The Morgan fingerprint density at radius 2 is 0.843 bits per heavy atom. The van der Waals surface area contributed by atoms with Crippen LogP contribution in [0.4, 0.5) is 17.1 Å². The van der Waals surface area contributed by atoms with Crippen molar-refractivity contribution < 1.29 is 0 Å². The van der Waals surface area contributed by atoms with Crippen LogP contribution in [0.1, 0.15) is 0 Å². The Balaban J connectivity index is 1.00. The summed E-state index contributed by atoms with van der Waals surface area (Å²) in [5.74, 6) is 0. The van der Waals surface area contributed by atoms with Crippen LogP contribution in [0.15, 0.2) is 194 Å². The monoisotopic (exact) mass is 668 g/mol. The minimum absolute atomic E-state index is 1.12. The van der Waals surface area contributed by atoms with Crippen molar-refractivity contribution in [3.05, 3.63) is 194 Å². The molecule has 0 bridgehead atoms. The Kier molecular flexibility index (Phi) is 7.04. The van der Waals surface area contributed by atoms with Crippen molar-refractivity contribution in [1.29, 1.82) is 0 Å². The molecular weight excluding hydrogens is 637 g/mol. The van der Waals surface area contributed by atoms with Gasteiger partial charge in [0.2, 0.25) is 0 Å². The zero-order valence-electron chi connectivity index (χ0n) is 27.8. The molecule has 2 aromatic heterocycles. The first-order valence-corrected chi connectivity index (χ1v) is 18.2. The van der Waals surface area contributed by atoms with E-state index in [1.165, 1.54) is 64.2 Å². The standard InChI is InChI=1S/C48H32N2S/c1-3-11-33(12-4-1)34-19-25-38(26-20-34)49(37-13-5-2-6-14-37)39-27-21-35(22-28-39)36-23-29-40(30-24-36)50-45-17-9-7-15-41(45)43-31-44-42-16-8-10-18-47(42)51-48(44)32-46(43)50/h1-32H. The van der Waals surface area contributed by atoms with Gasteiger partial charge in [-0.15, -0.1) is 11.3 Å². The fraction of sp³-hybridized carbons (Fsp3) is 0. The summed E-state index contributed by atoms with van der Waals surface area (Å²) in [6, 6.07) is 70.2. The largest absolute Gasteiger partial charge is 0.311 e. The maximum Gasteiger partial charge on any atom is 0.0555 e. The second-order valence-electron chi connectivity index (χ2n) is 13.0. The zero-order chi connectivity index (χ0) is 33.7. The van der Waals surface area contributed by atoms with Gasteiger partial charge in [0, 0.05) is 53.7 Å². The van der Waals surface area contributed by atoms with Gasteiger partial charge < -0.3 is 9.47 Å². The lowest BCUT2D eigenvalue weighted by molar-refractivity contribution is 1.18. The van der Waals surface area contributed by atoms with E-state index in [0.717, 1.165) is 22.7 Å². The molecule has 2 nitrogen and oxygen atoms in total. The number of fused-ring (bicyclic) bond motifs is 6. The molecule has 0 aliphatic rings. The lowest BCUT2D eigenvalue weighted by Crippen LogP contribution is -2.09. The van der Waals surface area contributed by atoms with Crippen molar-refractivity contribution in [2.75, 3.05) is 4.90 Å². The maximum absolute atomic E-state index is 2.42. The zero-order valence-corrected chi connectivity index (χ0v) is 28.6. The Bertz CT molecular complexity index is 2810. The van der Waals surface area contributed by atoms with E-state index in [-0.39, 0.29) is 0 Å². The van der Waals surface area contributed by atoms with E-state index in [1.54, 1.807) is 0 Å². The number of benzene rings is 8. The molecular formula is C48H32N2S. The highest BCUT2D eigenvalue weighted by Gasteiger charge is 2.16. The number of aromatic nitrogens is 1. The van der Waals surface area contributed by atoms with Gasteiger partial charge in [-0.25, -0.2) is 0 Å². The Hall–Kier alpha value is -6.42. The molecule has 0 N–H and O–H groups in total. The van der Waals surface area contributed by atoms with Gasteiger partial charge in [0.1, 0.15) is 0 Å². The van der Waals surface area contributed by atoms with Crippen LogP contribution >= 0.6 is 11.3 Å². The SMILES string of the molecule is c1ccc(-c2ccc(N(c3ccccc3)c3ccc(-c4ccc(-n5c6ccccc6c6cc7c(cc65)sc5ccccc57)cc4)cc3)cc2)cc1. The Labute approximate surface area is 300 Å². The molecule has 0 saturated heterocycles. The molecule has 10 rings (SSSR count). The lowest BCUT2D eigenvalue weighted by atomic mass is 10.0. The van der Waals surface area contributed by atoms with E-state index >= 15 is 0 Å². The van der Waals surface area contributed by atoms with Crippen LogP contribution in [0, 0.1) is 0 Å². The molecule has 0 atom stereocenters. The molecule has 0 amide bonds. The third kappa shape index (κ3) is 5.10. The van der Waals surface area contributed by atoms with Crippen molar-refractivity contribution in [2.45, 2.75) is 0 Å². The molecule has 2 heterocycles. The molecule has 8 aromatic carbocycles. The second kappa shape index (κ2) is 12.2. The number of para-hydroxylation sites is 2. The average molecular weight is 669 g/mol. The number of thiophene rings is 1. The van der Waals surface area contributed by atoms with Gasteiger partial charge in [0.15, 0.2) is 0 Å². The van der Waals surface area contributed by atoms with Gasteiger partial charge in [-0.1, -0.05) is 121 Å². The van der Waals surface area contributed by atoms with Gasteiger partial charge in [0.05, 0.1) is 11.0 Å². The van der Waals surface area contributed by atoms with E-state index in [0.29, 0.717) is 0 Å². The maximum atomic E-state index is 2.42. The van der Waals surface area contributed by atoms with E-state index in [1.807, 2.05) is 11.3 Å². The molecule has 0 aliphatic heterocycles. The van der Waals surface area contributed by atoms with E-state index in [9.17, 15) is 0 Å². The van der Waals surface area contributed by atoms with E-state index < -0.39 is 0 Å². The summed E-state index contributed by atoms with van der Waals surface area (Å²) in [6.45, 7) is 0. The Morgan fingerprint density at radius 1 is 0.333 bits per heavy atom. The van der Waals surface area contributed by atoms with Gasteiger partial charge in [-0.05, 0) is 95.1 Å². The predicted molar refractivity (Wildman–Crippen MR) is 219 cm³/mol. The minimum Gasteiger partial charge on any atom is -0.311 e. The smallest absolute Gasteiger partial charge is 0.0555 e. The van der Waals surface area contributed by atoms with Crippen LogP contribution in [0.25, 0.3) is 69.9 Å². The van der Waals surface area contributed by atoms with Crippen molar-refractivity contribution in [3.8, 4) is 27.9 Å². The van der Waals surface area contributed by atoms with Gasteiger partial charge in [-0.3, -0.25) is 0 Å².